The first kappa shape index (κ1) is 14.0. The molecule has 0 bridgehead atoms. The number of halogens is 1. The average molecular weight is 279 g/mol. The van der Waals surface area contributed by atoms with Gasteiger partial charge < -0.3 is 4.74 Å². The van der Waals surface area contributed by atoms with Gasteiger partial charge in [-0.05, 0) is 25.5 Å². The zero-order chi connectivity index (χ0) is 14.7. The molecule has 0 saturated carbocycles. The molecule has 0 spiro atoms. The van der Waals surface area contributed by atoms with Crippen LogP contribution < -0.4 is 4.74 Å². The molecule has 0 aliphatic carbocycles. The third kappa shape index (κ3) is 3.31. The van der Waals surface area contributed by atoms with Crippen molar-refractivity contribution in [2.75, 3.05) is 0 Å². The fourth-order valence-corrected chi connectivity index (χ4v) is 1.67. The first-order chi connectivity index (χ1) is 9.45. The van der Waals surface area contributed by atoms with E-state index in [-0.39, 0.29) is 18.3 Å². The standard InChI is InChI=1S/C13H14FN3O3/c1-9(2)16-7-13(6-15-16)20-8-10-3-11(14)5-12(4-10)17(18)19/h3-7,9H,8H2,1-2H3. The van der Waals surface area contributed by atoms with Gasteiger partial charge in [0, 0.05) is 12.1 Å². The number of nitro benzene ring substituents is 1. The predicted octanol–water partition coefficient (Wildman–Crippen LogP) is 3.09. The summed E-state index contributed by atoms with van der Waals surface area (Å²) in [5, 5.41) is 14.7. The molecule has 7 heteroatoms. The highest BCUT2D eigenvalue weighted by molar-refractivity contribution is 5.35. The Morgan fingerprint density at radius 3 is 2.80 bits per heavy atom. The van der Waals surface area contributed by atoms with Crippen molar-refractivity contribution in [1.29, 1.82) is 0 Å². The Labute approximate surface area is 114 Å². The highest BCUT2D eigenvalue weighted by Crippen LogP contribution is 2.19. The lowest BCUT2D eigenvalue weighted by molar-refractivity contribution is -0.385. The largest absolute Gasteiger partial charge is 0.486 e. The molecule has 0 atom stereocenters. The zero-order valence-electron chi connectivity index (χ0n) is 11.1. The minimum atomic E-state index is -0.657. The highest BCUT2D eigenvalue weighted by atomic mass is 19.1. The number of ether oxygens (including phenoxy) is 1. The van der Waals surface area contributed by atoms with Crippen LogP contribution in [0.5, 0.6) is 5.75 Å². The van der Waals surface area contributed by atoms with E-state index < -0.39 is 10.7 Å². The van der Waals surface area contributed by atoms with Crippen LogP contribution in [0.3, 0.4) is 0 Å². The SMILES string of the molecule is CC(C)n1cc(OCc2cc(F)cc([N+](=O)[O-])c2)cn1. The molecule has 20 heavy (non-hydrogen) atoms. The van der Waals surface area contributed by atoms with Gasteiger partial charge in [0.05, 0.1) is 23.4 Å². The van der Waals surface area contributed by atoms with Gasteiger partial charge in [0.15, 0.2) is 5.75 Å². The first-order valence-corrected chi connectivity index (χ1v) is 6.06. The minimum absolute atomic E-state index is 0.0440. The number of benzene rings is 1. The number of hydrogen-bond acceptors (Lipinski definition) is 4. The highest BCUT2D eigenvalue weighted by Gasteiger charge is 2.10. The van der Waals surface area contributed by atoms with Gasteiger partial charge in [-0.3, -0.25) is 14.8 Å². The molecule has 1 aromatic carbocycles. The molecule has 2 aromatic rings. The fraction of sp³-hybridized carbons (Fsp3) is 0.308. The Hall–Kier alpha value is -2.44. The summed E-state index contributed by atoms with van der Waals surface area (Å²) in [5.41, 5.74) is 0.107. The van der Waals surface area contributed by atoms with Gasteiger partial charge in [-0.25, -0.2) is 4.39 Å². The quantitative estimate of drug-likeness (QED) is 0.623. The van der Waals surface area contributed by atoms with Crippen molar-refractivity contribution in [3.05, 3.63) is 52.1 Å². The van der Waals surface area contributed by atoms with Crippen molar-refractivity contribution >= 4 is 5.69 Å². The van der Waals surface area contributed by atoms with Crippen LogP contribution in [0.15, 0.2) is 30.6 Å². The smallest absolute Gasteiger partial charge is 0.272 e. The fourth-order valence-electron chi connectivity index (χ4n) is 1.67. The van der Waals surface area contributed by atoms with Gasteiger partial charge >= 0.3 is 0 Å². The van der Waals surface area contributed by atoms with E-state index in [9.17, 15) is 14.5 Å². The number of nitrogens with zero attached hydrogens (tertiary/aromatic N) is 3. The monoisotopic (exact) mass is 279 g/mol. The molecular weight excluding hydrogens is 265 g/mol. The Balaban J connectivity index is 2.08. The van der Waals surface area contributed by atoms with Gasteiger partial charge in [-0.2, -0.15) is 5.10 Å². The summed E-state index contributed by atoms with van der Waals surface area (Å²) >= 11 is 0. The summed E-state index contributed by atoms with van der Waals surface area (Å²) in [6, 6.07) is 3.58. The number of hydrogen-bond donors (Lipinski definition) is 0. The molecule has 1 heterocycles. The van der Waals surface area contributed by atoms with Crippen molar-refractivity contribution in [1.82, 2.24) is 9.78 Å². The average Bonchev–Trinajstić information content (AvgIpc) is 2.84. The maximum Gasteiger partial charge on any atom is 0.272 e. The van der Waals surface area contributed by atoms with E-state index in [0.717, 1.165) is 6.07 Å². The van der Waals surface area contributed by atoms with Gasteiger partial charge in [0.2, 0.25) is 0 Å². The first-order valence-electron chi connectivity index (χ1n) is 6.06. The van der Waals surface area contributed by atoms with Crippen LogP contribution >= 0.6 is 0 Å². The second-order valence-corrected chi connectivity index (χ2v) is 4.61. The van der Waals surface area contributed by atoms with E-state index in [1.807, 2.05) is 13.8 Å². The van der Waals surface area contributed by atoms with E-state index >= 15 is 0 Å². The Bertz CT molecular complexity index is 625. The Morgan fingerprint density at radius 2 is 2.20 bits per heavy atom. The van der Waals surface area contributed by atoms with Crippen LogP contribution in [0.2, 0.25) is 0 Å². The third-order valence-corrected chi connectivity index (χ3v) is 2.67. The Morgan fingerprint density at radius 1 is 1.45 bits per heavy atom. The molecule has 0 saturated heterocycles. The van der Waals surface area contributed by atoms with E-state index in [2.05, 4.69) is 5.10 Å². The molecule has 6 nitrogen and oxygen atoms in total. The summed E-state index contributed by atoms with van der Waals surface area (Å²) in [6.07, 6.45) is 3.27. The summed E-state index contributed by atoms with van der Waals surface area (Å²) in [7, 11) is 0. The van der Waals surface area contributed by atoms with E-state index in [1.165, 1.54) is 12.1 Å². The van der Waals surface area contributed by atoms with Crippen LogP contribution in [0, 0.1) is 15.9 Å². The van der Waals surface area contributed by atoms with Gasteiger partial charge in [-0.15, -0.1) is 0 Å². The zero-order valence-corrected chi connectivity index (χ0v) is 11.1. The molecule has 0 aliphatic rings. The van der Waals surface area contributed by atoms with E-state index in [4.69, 9.17) is 4.74 Å². The molecule has 2 rings (SSSR count). The lowest BCUT2D eigenvalue weighted by Gasteiger charge is -2.05. The molecule has 0 radical (unpaired) electrons. The second kappa shape index (κ2) is 5.68. The number of aromatic nitrogens is 2. The topological polar surface area (TPSA) is 70.2 Å². The molecule has 106 valence electrons. The van der Waals surface area contributed by atoms with E-state index in [0.29, 0.717) is 11.3 Å². The van der Waals surface area contributed by atoms with Crippen LogP contribution in [0.1, 0.15) is 25.5 Å². The molecule has 0 N–H and O–H groups in total. The van der Waals surface area contributed by atoms with Crippen molar-refractivity contribution in [2.24, 2.45) is 0 Å². The lowest BCUT2D eigenvalue weighted by Crippen LogP contribution is -2.00. The van der Waals surface area contributed by atoms with Crippen LogP contribution in [0.25, 0.3) is 0 Å². The maximum absolute atomic E-state index is 13.2. The van der Waals surface area contributed by atoms with Crippen LogP contribution in [-0.2, 0) is 6.61 Å². The molecular formula is C13H14FN3O3. The van der Waals surface area contributed by atoms with E-state index in [1.54, 1.807) is 17.1 Å². The number of nitro groups is 1. The minimum Gasteiger partial charge on any atom is -0.486 e. The molecule has 0 fully saturated rings. The summed E-state index contributed by atoms with van der Waals surface area (Å²) in [5.74, 6) is -0.124. The lowest BCUT2D eigenvalue weighted by atomic mass is 10.2. The van der Waals surface area contributed by atoms with Crippen LogP contribution in [-0.4, -0.2) is 14.7 Å². The molecule has 0 aliphatic heterocycles. The Kier molecular flexibility index (Phi) is 3.97. The number of rotatable bonds is 5. The van der Waals surface area contributed by atoms with Gasteiger partial charge in [-0.1, -0.05) is 0 Å². The molecule has 0 unspecified atom stereocenters. The van der Waals surface area contributed by atoms with Gasteiger partial charge in [0.25, 0.3) is 5.69 Å². The van der Waals surface area contributed by atoms with Crippen molar-refractivity contribution in [2.45, 2.75) is 26.5 Å². The molecule has 0 amide bonds. The number of non-ortho nitro benzene ring substituents is 1. The van der Waals surface area contributed by atoms with Crippen molar-refractivity contribution in [3.63, 3.8) is 0 Å². The van der Waals surface area contributed by atoms with Crippen molar-refractivity contribution in [3.8, 4) is 5.75 Å². The molecule has 1 aromatic heterocycles. The van der Waals surface area contributed by atoms with Crippen LogP contribution in [0.4, 0.5) is 10.1 Å². The van der Waals surface area contributed by atoms with Crippen molar-refractivity contribution < 1.29 is 14.1 Å². The predicted molar refractivity (Wildman–Crippen MR) is 70.0 cm³/mol. The second-order valence-electron chi connectivity index (χ2n) is 4.61. The van der Waals surface area contributed by atoms with Gasteiger partial charge in [0.1, 0.15) is 12.4 Å². The normalized spacial score (nSPS) is 10.8. The third-order valence-electron chi connectivity index (χ3n) is 2.67. The summed E-state index contributed by atoms with van der Waals surface area (Å²) < 4.78 is 20.4. The summed E-state index contributed by atoms with van der Waals surface area (Å²) in [6.45, 7) is 4.00. The summed E-state index contributed by atoms with van der Waals surface area (Å²) in [4.78, 5) is 10.0. The maximum atomic E-state index is 13.2.